The zero-order valence-electron chi connectivity index (χ0n) is 18.2. The van der Waals surface area contributed by atoms with Crippen molar-refractivity contribution in [3.8, 4) is 0 Å². The Kier molecular flexibility index (Phi) is 8.00. The summed E-state index contributed by atoms with van der Waals surface area (Å²) < 4.78 is 5.28. The highest BCUT2D eigenvalue weighted by Crippen LogP contribution is 2.22. The van der Waals surface area contributed by atoms with Gasteiger partial charge in [0.15, 0.2) is 6.61 Å². The number of nitrogens with zero attached hydrogens (tertiary/aromatic N) is 1. The van der Waals surface area contributed by atoms with Gasteiger partial charge in [0.1, 0.15) is 0 Å². The van der Waals surface area contributed by atoms with Gasteiger partial charge in [-0.3, -0.25) is 9.59 Å². The SMILES string of the molecule is CN(C)C(=O)c1ccc(NC(=O)COC(=O)/C(=C/c2ccccc2)c2ccc(Cl)cc2)cc1. The van der Waals surface area contributed by atoms with Gasteiger partial charge in [-0.1, -0.05) is 54.1 Å². The Balaban J connectivity index is 1.67. The van der Waals surface area contributed by atoms with Crippen molar-refractivity contribution in [1.82, 2.24) is 4.90 Å². The molecule has 3 aromatic carbocycles. The molecular weight excluding hydrogens is 440 g/mol. The van der Waals surface area contributed by atoms with E-state index in [4.69, 9.17) is 16.3 Å². The second-order valence-corrected chi connectivity index (χ2v) is 7.81. The average molecular weight is 463 g/mol. The van der Waals surface area contributed by atoms with Gasteiger partial charge in [-0.25, -0.2) is 4.79 Å². The first-order valence-corrected chi connectivity index (χ1v) is 10.5. The van der Waals surface area contributed by atoms with Crippen LogP contribution in [0.25, 0.3) is 11.6 Å². The van der Waals surface area contributed by atoms with Crippen LogP contribution in [-0.2, 0) is 14.3 Å². The quantitative estimate of drug-likeness (QED) is 0.312. The number of hydrogen-bond acceptors (Lipinski definition) is 4. The van der Waals surface area contributed by atoms with Gasteiger partial charge in [-0.15, -0.1) is 0 Å². The zero-order valence-corrected chi connectivity index (χ0v) is 19.0. The fourth-order valence-corrected chi connectivity index (χ4v) is 3.09. The molecule has 1 N–H and O–H groups in total. The smallest absolute Gasteiger partial charge is 0.339 e. The highest BCUT2D eigenvalue weighted by molar-refractivity contribution is 6.30. The Hall–Kier alpha value is -3.90. The standard InChI is InChI=1S/C26H23ClN2O4/c1-29(2)25(31)20-10-14-22(15-11-20)28-24(30)17-33-26(32)23(16-18-6-4-3-5-7-18)19-8-12-21(27)13-9-19/h3-16H,17H2,1-2H3,(H,28,30)/b23-16+. The van der Waals surface area contributed by atoms with E-state index in [9.17, 15) is 14.4 Å². The van der Waals surface area contributed by atoms with Crippen LogP contribution >= 0.6 is 11.6 Å². The van der Waals surface area contributed by atoms with Gasteiger partial charge in [-0.05, 0) is 53.6 Å². The lowest BCUT2D eigenvalue weighted by molar-refractivity contribution is -0.141. The van der Waals surface area contributed by atoms with Crippen molar-refractivity contribution in [3.63, 3.8) is 0 Å². The molecule has 0 unspecified atom stereocenters. The number of nitrogens with one attached hydrogen (secondary N) is 1. The molecule has 0 saturated heterocycles. The molecule has 2 amide bonds. The molecule has 0 bridgehead atoms. The Bertz CT molecular complexity index is 1160. The van der Waals surface area contributed by atoms with E-state index in [0.717, 1.165) is 5.56 Å². The van der Waals surface area contributed by atoms with E-state index in [2.05, 4.69) is 5.32 Å². The molecule has 0 aliphatic rings. The van der Waals surface area contributed by atoms with E-state index in [-0.39, 0.29) is 5.91 Å². The second-order valence-electron chi connectivity index (χ2n) is 7.38. The lowest BCUT2D eigenvalue weighted by Gasteiger charge is -2.12. The maximum absolute atomic E-state index is 12.8. The van der Waals surface area contributed by atoms with Crippen molar-refractivity contribution in [2.24, 2.45) is 0 Å². The third-order valence-corrected chi connectivity index (χ3v) is 4.89. The number of benzene rings is 3. The first-order chi connectivity index (χ1) is 15.8. The monoisotopic (exact) mass is 462 g/mol. The van der Waals surface area contributed by atoms with Crippen molar-refractivity contribution in [3.05, 3.63) is 101 Å². The Morgan fingerprint density at radius 1 is 0.879 bits per heavy atom. The third-order valence-electron chi connectivity index (χ3n) is 4.64. The molecule has 168 valence electrons. The van der Waals surface area contributed by atoms with Crippen molar-refractivity contribution < 1.29 is 19.1 Å². The van der Waals surface area contributed by atoms with Crippen molar-refractivity contribution in [2.75, 3.05) is 26.0 Å². The molecule has 3 rings (SSSR count). The number of carbonyl (C=O) groups is 3. The molecule has 0 aliphatic heterocycles. The number of hydrogen-bond donors (Lipinski definition) is 1. The topological polar surface area (TPSA) is 75.7 Å². The van der Waals surface area contributed by atoms with Crippen LogP contribution in [0.3, 0.4) is 0 Å². The Labute approximate surface area is 197 Å². The number of ether oxygens (including phenoxy) is 1. The minimum Gasteiger partial charge on any atom is -0.452 e. The highest BCUT2D eigenvalue weighted by atomic mass is 35.5. The van der Waals surface area contributed by atoms with Crippen molar-refractivity contribution >= 4 is 46.7 Å². The first kappa shape index (κ1) is 23.8. The molecule has 3 aromatic rings. The predicted molar refractivity (Wildman–Crippen MR) is 130 cm³/mol. The summed E-state index contributed by atoms with van der Waals surface area (Å²) in [6.45, 7) is -0.461. The molecule has 0 aromatic heterocycles. The molecule has 0 saturated carbocycles. The van der Waals surface area contributed by atoms with E-state index in [1.807, 2.05) is 30.3 Å². The highest BCUT2D eigenvalue weighted by Gasteiger charge is 2.16. The van der Waals surface area contributed by atoms with Crippen LogP contribution in [0.5, 0.6) is 0 Å². The molecule has 0 heterocycles. The molecule has 7 heteroatoms. The summed E-state index contributed by atoms with van der Waals surface area (Å²) in [5.74, 6) is -1.27. The first-order valence-electron chi connectivity index (χ1n) is 10.1. The van der Waals surface area contributed by atoms with Crippen molar-refractivity contribution in [2.45, 2.75) is 0 Å². The molecule has 0 fully saturated rings. The van der Waals surface area contributed by atoms with E-state index in [1.54, 1.807) is 68.7 Å². The maximum atomic E-state index is 12.8. The Morgan fingerprint density at radius 3 is 2.09 bits per heavy atom. The van der Waals surface area contributed by atoms with E-state index < -0.39 is 18.5 Å². The molecular formula is C26H23ClN2O4. The molecule has 0 aliphatic carbocycles. The summed E-state index contributed by atoms with van der Waals surface area (Å²) in [7, 11) is 3.33. The number of amides is 2. The minimum atomic E-state index is -0.636. The van der Waals surface area contributed by atoms with Gasteiger partial charge in [0.25, 0.3) is 11.8 Å². The van der Waals surface area contributed by atoms with Gasteiger partial charge >= 0.3 is 5.97 Å². The molecule has 0 radical (unpaired) electrons. The van der Waals surface area contributed by atoms with Gasteiger partial charge < -0.3 is 15.0 Å². The maximum Gasteiger partial charge on any atom is 0.339 e. The fraction of sp³-hybridized carbons (Fsp3) is 0.115. The normalized spacial score (nSPS) is 10.9. The molecule has 33 heavy (non-hydrogen) atoms. The number of anilines is 1. The van der Waals surface area contributed by atoms with Crippen LogP contribution in [0.4, 0.5) is 5.69 Å². The summed E-state index contributed by atoms with van der Waals surface area (Å²) >= 11 is 5.97. The lowest BCUT2D eigenvalue weighted by atomic mass is 10.0. The van der Waals surface area contributed by atoms with Gasteiger partial charge in [0, 0.05) is 30.4 Å². The van der Waals surface area contributed by atoms with Crippen LogP contribution in [0, 0.1) is 0 Å². The number of esters is 1. The van der Waals surface area contributed by atoms with E-state index in [0.29, 0.717) is 27.4 Å². The molecule has 6 nitrogen and oxygen atoms in total. The largest absolute Gasteiger partial charge is 0.452 e. The molecule has 0 spiro atoms. The summed E-state index contributed by atoms with van der Waals surface area (Å²) in [5.41, 5.74) is 2.73. The summed E-state index contributed by atoms with van der Waals surface area (Å²) in [5, 5.41) is 3.20. The summed E-state index contributed by atoms with van der Waals surface area (Å²) in [4.78, 5) is 38.6. The number of carbonyl (C=O) groups excluding carboxylic acids is 3. The van der Waals surface area contributed by atoms with Crippen LogP contribution in [0.15, 0.2) is 78.9 Å². The van der Waals surface area contributed by atoms with Gasteiger partial charge in [0.2, 0.25) is 0 Å². The average Bonchev–Trinajstić information content (AvgIpc) is 2.82. The summed E-state index contributed by atoms with van der Waals surface area (Å²) in [6.07, 6.45) is 1.70. The third kappa shape index (κ3) is 6.79. The number of rotatable bonds is 7. The zero-order chi connectivity index (χ0) is 23.8. The second kappa shape index (κ2) is 11.1. The molecule has 0 atom stereocenters. The van der Waals surface area contributed by atoms with Crippen molar-refractivity contribution in [1.29, 1.82) is 0 Å². The van der Waals surface area contributed by atoms with Gasteiger partial charge in [-0.2, -0.15) is 0 Å². The van der Waals surface area contributed by atoms with Crippen LogP contribution < -0.4 is 5.32 Å². The summed E-state index contributed by atoms with van der Waals surface area (Å²) in [6, 6.07) is 22.6. The predicted octanol–water partition coefficient (Wildman–Crippen LogP) is 4.76. The fourth-order valence-electron chi connectivity index (χ4n) is 2.97. The lowest BCUT2D eigenvalue weighted by Crippen LogP contribution is -2.22. The van der Waals surface area contributed by atoms with Gasteiger partial charge in [0.05, 0.1) is 5.57 Å². The van der Waals surface area contributed by atoms with Crippen LogP contribution in [0.2, 0.25) is 5.02 Å². The number of halogens is 1. The Morgan fingerprint density at radius 2 is 1.48 bits per heavy atom. The van der Waals surface area contributed by atoms with E-state index in [1.165, 1.54) is 4.90 Å². The minimum absolute atomic E-state index is 0.137. The van der Waals surface area contributed by atoms with E-state index >= 15 is 0 Å². The van der Waals surface area contributed by atoms with Crippen LogP contribution in [0.1, 0.15) is 21.5 Å². The van der Waals surface area contributed by atoms with Crippen LogP contribution in [-0.4, -0.2) is 43.4 Å².